The lowest BCUT2D eigenvalue weighted by Crippen LogP contribution is -2.15. The summed E-state index contributed by atoms with van der Waals surface area (Å²) in [4.78, 5) is 0. The van der Waals surface area contributed by atoms with Gasteiger partial charge in [0.15, 0.2) is 0 Å². The lowest BCUT2D eigenvalue weighted by atomic mass is 10.0. The van der Waals surface area contributed by atoms with E-state index in [0.717, 1.165) is 42.5 Å². The minimum absolute atomic E-state index is 0.326. The fourth-order valence-electron chi connectivity index (χ4n) is 2.09. The number of aromatic nitrogens is 2. The largest absolute Gasteiger partial charge is 0.380 e. The number of aromatic amines is 1. The number of rotatable bonds is 0. The molecular weight excluding hydrogens is 248 g/mol. The first-order chi connectivity index (χ1) is 8.83. The molecule has 0 radical (unpaired) electrons. The van der Waals surface area contributed by atoms with Gasteiger partial charge in [-0.3, -0.25) is 5.10 Å². The average Bonchev–Trinajstić information content (AvgIpc) is 2.84. The van der Waals surface area contributed by atoms with E-state index in [1.165, 1.54) is 0 Å². The van der Waals surface area contributed by atoms with Gasteiger partial charge >= 0.3 is 0 Å². The summed E-state index contributed by atoms with van der Waals surface area (Å²) in [6.45, 7) is 1.59. The van der Waals surface area contributed by atoms with Crippen LogP contribution in [0.4, 0.5) is 0 Å². The van der Waals surface area contributed by atoms with Gasteiger partial charge in [-0.25, -0.2) is 0 Å². The maximum Gasteiger partial charge on any atom is 0.0663 e. The lowest BCUT2D eigenvalue weighted by molar-refractivity contribution is 0.0740. The Kier molecular flexibility index (Phi) is 3.22. The van der Waals surface area contributed by atoms with Gasteiger partial charge in [-0.2, -0.15) is 5.10 Å². The Morgan fingerprint density at radius 3 is 3.22 bits per heavy atom. The van der Waals surface area contributed by atoms with Crippen LogP contribution in [0, 0.1) is 17.8 Å². The number of benzene rings is 1. The fourth-order valence-corrected chi connectivity index (χ4v) is 2.31. The van der Waals surface area contributed by atoms with Gasteiger partial charge in [0.2, 0.25) is 0 Å². The number of halogens is 1. The summed E-state index contributed by atoms with van der Waals surface area (Å²) in [5.74, 6) is 6.72. The summed E-state index contributed by atoms with van der Waals surface area (Å²) < 4.78 is 5.41. The monoisotopic (exact) mass is 260 g/mol. The molecule has 1 aromatic carbocycles. The van der Waals surface area contributed by atoms with Crippen LogP contribution in [-0.2, 0) is 4.74 Å². The van der Waals surface area contributed by atoms with Gasteiger partial charge in [0.25, 0.3) is 0 Å². The van der Waals surface area contributed by atoms with E-state index in [0.29, 0.717) is 10.9 Å². The van der Waals surface area contributed by atoms with Crippen LogP contribution in [0.5, 0.6) is 0 Å². The van der Waals surface area contributed by atoms with Gasteiger partial charge in [0, 0.05) is 23.5 Å². The highest BCUT2D eigenvalue weighted by Crippen LogP contribution is 2.22. The van der Waals surface area contributed by atoms with Gasteiger partial charge in [0.1, 0.15) is 0 Å². The molecule has 3 rings (SSSR count). The topological polar surface area (TPSA) is 37.9 Å². The molecule has 1 aromatic heterocycles. The Bertz CT molecular complexity index is 617. The van der Waals surface area contributed by atoms with Crippen LogP contribution < -0.4 is 0 Å². The molecular formula is C14H13ClN2O. The van der Waals surface area contributed by atoms with Crippen molar-refractivity contribution in [2.24, 2.45) is 5.92 Å². The highest BCUT2D eigenvalue weighted by atomic mass is 35.5. The molecule has 1 N–H and O–H groups in total. The van der Waals surface area contributed by atoms with E-state index in [4.69, 9.17) is 16.3 Å². The Morgan fingerprint density at radius 2 is 2.39 bits per heavy atom. The molecule has 3 nitrogen and oxygen atoms in total. The van der Waals surface area contributed by atoms with Gasteiger partial charge in [-0.15, -0.1) is 0 Å². The van der Waals surface area contributed by atoms with Crippen molar-refractivity contribution in [2.75, 3.05) is 13.2 Å². The third-order valence-electron chi connectivity index (χ3n) is 3.10. The molecule has 0 amide bonds. The average molecular weight is 261 g/mol. The predicted molar refractivity (Wildman–Crippen MR) is 71.5 cm³/mol. The lowest BCUT2D eigenvalue weighted by Gasteiger charge is -2.16. The standard InChI is InChI=1S/C14H13ClN2O/c15-13-6-12-8-16-17-14(12)7-11(13)4-3-10-2-1-5-18-9-10/h6-8,10H,1-2,5,9H2,(H,16,17). The van der Waals surface area contributed by atoms with Crippen molar-refractivity contribution in [3.63, 3.8) is 0 Å². The van der Waals surface area contributed by atoms with Crippen molar-refractivity contribution in [2.45, 2.75) is 12.8 Å². The first-order valence-corrected chi connectivity index (χ1v) is 6.42. The maximum atomic E-state index is 6.20. The van der Waals surface area contributed by atoms with Crippen molar-refractivity contribution in [1.29, 1.82) is 0 Å². The summed E-state index contributed by atoms with van der Waals surface area (Å²) in [7, 11) is 0. The Hall–Kier alpha value is -1.50. The molecule has 1 unspecified atom stereocenters. The third kappa shape index (κ3) is 2.35. The molecule has 92 valence electrons. The van der Waals surface area contributed by atoms with E-state index in [-0.39, 0.29) is 0 Å². The quantitative estimate of drug-likeness (QED) is 0.740. The summed E-state index contributed by atoms with van der Waals surface area (Å²) in [5, 5.41) is 8.59. The summed E-state index contributed by atoms with van der Waals surface area (Å²) >= 11 is 6.20. The molecule has 1 atom stereocenters. The van der Waals surface area contributed by atoms with E-state index in [2.05, 4.69) is 22.0 Å². The smallest absolute Gasteiger partial charge is 0.0663 e. The first kappa shape index (κ1) is 11.6. The van der Waals surface area contributed by atoms with E-state index in [1.807, 2.05) is 12.1 Å². The Balaban J connectivity index is 1.89. The van der Waals surface area contributed by atoms with Crippen LogP contribution in [-0.4, -0.2) is 23.4 Å². The second-order valence-electron chi connectivity index (χ2n) is 4.47. The number of nitrogens with one attached hydrogen (secondary N) is 1. The van der Waals surface area contributed by atoms with Crippen LogP contribution in [0.1, 0.15) is 18.4 Å². The summed E-state index contributed by atoms with van der Waals surface area (Å²) in [6, 6.07) is 3.84. The van der Waals surface area contributed by atoms with Crippen LogP contribution >= 0.6 is 11.6 Å². The highest BCUT2D eigenvalue weighted by molar-refractivity contribution is 6.32. The second-order valence-corrected chi connectivity index (χ2v) is 4.88. The van der Waals surface area contributed by atoms with E-state index in [1.54, 1.807) is 6.20 Å². The minimum Gasteiger partial charge on any atom is -0.380 e. The molecule has 1 saturated heterocycles. The summed E-state index contributed by atoms with van der Waals surface area (Å²) in [6.07, 6.45) is 3.96. The number of hydrogen-bond donors (Lipinski definition) is 1. The molecule has 0 saturated carbocycles. The molecule has 4 heteroatoms. The predicted octanol–water partition coefficient (Wildman–Crippen LogP) is 2.99. The second kappa shape index (κ2) is 5.01. The number of hydrogen-bond acceptors (Lipinski definition) is 2. The first-order valence-electron chi connectivity index (χ1n) is 6.05. The van der Waals surface area contributed by atoms with Gasteiger partial charge < -0.3 is 4.74 Å². The molecule has 0 aliphatic carbocycles. The van der Waals surface area contributed by atoms with Crippen molar-refractivity contribution in [3.8, 4) is 11.8 Å². The molecule has 0 spiro atoms. The van der Waals surface area contributed by atoms with Crippen molar-refractivity contribution >= 4 is 22.5 Å². The SMILES string of the molecule is Clc1cc2cn[nH]c2cc1C#CC1CCCOC1. The Morgan fingerprint density at radius 1 is 1.44 bits per heavy atom. The number of fused-ring (bicyclic) bond motifs is 1. The van der Waals surface area contributed by atoms with Crippen LogP contribution in [0.3, 0.4) is 0 Å². The fraction of sp³-hybridized carbons (Fsp3) is 0.357. The zero-order chi connectivity index (χ0) is 12.4. The molecule has 1 aliphatic rings. The molecule has 1 fully saturated rings. The molecule has 2 aromatic rings. The van der Waals surface area contributed by atoms with E-state index in [9.17, 15) is 0 Å². The maximum absolute atomic E-state index is 6.20. The van der Waals surface area contributed by atoms with Crippen molar-refractivity contribution in [1.82, 2.24) is 10.2 Å². The molecule has 2 heterocycles. The van der Waals surface area contributed by atoms with Crippen molar-refractivity contribution in [3.05, 3.63) is 28.9 Å². The van der Waals surface area contributed by atoms with Gasteiger partial charge in [-0.05, 0) is 25.0 Å². The van der Waals surface area contributed by atoms with Crippen LogP contribution in [0.25, 0.3) is 10.9 Å². The molecule has 18 heavy (non-hydrogen) atoms. The normalized spacial score (nSPS) is 19.5. The van der Waals surface area contributed by atoms with Gasteiger partial charge in [0.05, 0.1) is 23.3 Å². The zero-order valence-corrected chi connectivity index (χ0v) is 10.6. The minimum atomic E-state index is 0.326. The number of H-pyrrole nitrogens is 1. The third-order valence-corrected chi connectivity index (χ3v) is 3.41. The van der Waals surface area contributed by atoms with Crippen LogP contribution in [0.15, 0.2) is 18.3 Å². The van der Waals surface area contributed by atoms with E-state index < -0.39 is 0 Å². The number of nitrogens with zero attached hydrogens (tertiary/aromatic N) is 1. The zero-order valence-electron chi connectivity index (χ0n) is 9.87. The summed E-state index contributed by atoms with van der Waals surface area (Å²) in [5.41, 5.74) is 1.81. The van der Waals surface area contributed by atoms with E-state index >= 15 is 0 Å². The van der Waals surface area contributed by atoms with Crippen LogP contribution in [0.2, 0.25) is 5.02 Å². The van der Waals surface area contributed by atoms with Crippen molar-refractivity contribution < 1.29 is 4.74 Å². The van der Waals surface area contributed by atoms with Gasteiger partial charge in [-0.1, -0.05) is 23.4 Å². The number of ether oxygens (including phenoxy) is 1. The molecule has 0 bridgehead atoms. The molecule has 1 aliphatic heterocycles. The highest BCUT2D eigenvalue weighted by Gasteiger charge is 2.10. The Labute approximate surface area is 110 Å².